The van der Waals surface area contributed by atoms with Crippen LogP contribution in [0, 0.1) is 0 Å². The summed E-state index contributed by atoms with van der Waals surface area (Å²) in [6, 6.07) is 3.72. The average molecular weight is 315 g/mol. The van der Waals surface area contributed by atoms with E-state index in [4.69, 9.17) is 13.7 Å². The van der Waals surface area contributed by atoms with Gasteiger partial charge in [-0.1, -0.05) is 5.16 Å². The minimum Gasteiger partial charge on any atom is -0.472 e. The van der Waals surface area contributed by atoms with Gasteiger partial charge in [-0.15, -0.1) is 0 Å². The molecule has 4 heterocycles. The minimum absolute atomic E-state index is 0.111. The number of aromatic nitrogens is 4. The average Bonchev–Trinajstić information content (AvgIpc) is 3.30. The van der Waals surface area contributed by atoms with Crippen LogP contribution in [-0.2, 0) is 17.8 Å². The molecule has 0 saturated carbocycles. The summed E-state index contributed by atoms with van der Waals surface area (Å²) >= 11 is 0. The third-order valence-electron chi connectivity index (χ3n) is 3.78. The molecule has 8 nitrogen and oxygen atoms in total. The summed E-state index contributed by atoms with van der Waals surface area (Å²) in [6.45, 7) is 3.70. The van der Waals surface area contributed by atoms with E-state index in [-0.39, 0.29) is 6.10 Å². The van der Waals surface area contributed by atoms with Gasteiger partial charge in [0.1, 0.15) is 6.26 Å². The molecule has 1 atom stereocenters. The Balaban J connectivity index is 1.37. The third-order valence-corrected chi connectivity index (χ3v) is 3.78. The maximum Gasteiger partial charge on any atom is 0.241 e. The molecule has 3 aromatic heterocycles. The topological polar surface area (TPSA) is 82.4 Å². The van der Waals surface area contributed by atoms with Gasteiger partial charge in [0.25, 0.3) is 0 Å². The molecule has 0 spiro atoms. The predicted octanol–water partition coefficient (Wildman–Crippen LogP) is 1.43. The summed E-state index contributed by atoms with van der Waals surface area (Å²) < 4.78 is 18.1. The summed E-state index contributed by atoms with van der Waals surface area (Å²) in [5.74, 6) is 1.15. The van der Waals surface area contributed by atoms with Crippen molar-refractivity contribution in [1.29, 1.82) is 0 Å². The van der Waals surface area contributed by atoms with Crippen LogP contribution in [0.15, 0.2) is 46.0 Å². The van der Waals surface area contributed by atoms with E-state index in [1.807, 2.05) is 23.0 Å². The van der Waals surface area contributed by atoms with E-state index in [0.29, 0.717) is 24.9 Å². The van der Waals surface area contributed by atoms with Gasteiger partial charge in [-0.05, 0) is 12.1 Å². The van der Waals surface area contributed by atoms with Crippen molar-refractivity contribution < 1.29 is 13.7 Å². The molecule has 0 radical (unpaired) electrons. The second-order valence-corrected chi connectivity index (χ2v) is 5.48. The lowest BCUT2D eigenvalue weighted by Gasteiger charge is -2.31. The summed E-state index contributed by atoms with van der Waals surface area (Å²) in [5.41, 5.74) is 0.818. The maximum absolute atomic E-state index is 5.80. The first-order valence-corrected chi connectivity index (χ1v) is 7.53. The Bertz CT molecular complexity index is 722. The molecule has 0 aliphatic carbocycles. The largest absolute Gasteiger partial charge is 0.472 e. The Morgan fingerprint density at radius 3 is 3.17 bits per heavy atom. The molecule has 1 aliphatic heterocycles. The van der Waals surface area contributed by atoms with Gasteiger partial charge < -0.3 is 13.7 Å². The van der Waals surface area contributed by atoms with Gasteiger partial charge in [0, 0.05) is 25.5 Å². The van der Waals surface area contributed by atoms with Gasteiger partial charge in [-0.3, -0.25) is 9.58 Å². The molecule has 3 aromatic rings. The zero-order valence-electron chi connectivity index (χ0n) is 12.5. The van der Waals surface area contributed by atoms with Gasteiger partial charge in [-0.25, -0.2) is 0 Å². The number of nitrogens with zero attached hydrogens (tertiary/aromatic N) is 5. The quantitative estimate of drug-likeness (QED) is 0.704. The van der Waals surface area contributed by atoms with Crippen molar-refractivity contribution in [2.45, 2.75) is 19.2 Å². The highest BCUT2D eigenvalue weighted by molar-refractivity contribution is 5.51. The lowest BCUT2D eigenvalue weighted by atomic mass is 10.2. The summed E-state index contributed by atoms with van der Waals surface area (Å²) in [6.07, 6.45) is 7.02. The van der Waals surface area contributed by atoms with Crippen molar-refractivity contribution in [3.05, 3.63) is 42.9 Å². The van der Waals surface area contributed by atoms with Crippen LogP contribution < -0.4 is 0 Å². The molecule has 1 fully saturated rings. The fraction of sp³-hybridized carbons (Fsp3) is 0.400. The van der Waals surface area contributed by atoms with Crippen LogP contribution in [0.3, 0.4) is 0 Å². The number of rotatable bonds is 5. The molecule has 0 amide bonds. The van der Waals surface area contributed by atoms with Gasteiger partial charge in [0.05, 0.1) is 37.6 Å². The van der Waals surface area contributed by atoms with Crippen LogP contribution in [0.4, 0.5) is 0 Å². The number of hydrogen-bond acceptors (Lipinski definition) is 7. The minimum atomic E-state index is 0.111. The Labute approximate surface area is 132 Å². The Kier molecular flexibility index (Phi) is 3.91. The first-order chi connectivity index (χ1) is 11.4. The van der Waals surface area contributed by atoms with Crippen molar-refractivity contribution in [1.82, 2.24) is 24.8 Å². The number of furan rings is 1. The highest BCUT2D eigenvalue weighted by Gasteiger charge is 2.23. The van der Waals surface area contributed by atoms with Crippen LogP contribution in [-0.4, -0.2) is 50.6 Å². The monoisotopic (exact) mass is 315 g/mol. The van der Waals surface area contributed by atoms with Crippen molar-refractivity contribution in [3.8, 4) is 11.4 Å². The fourth-order valence-electron chi connectivity index (χ4n) is 2.67. The van der Waals surface area contributed by atoms with Crippen LogP contribution in [0.25, 0.3) is 11.4 Å². The number of ether oxygens (including phenoxy) is 1. The van der Waals surface area contributed by atoms with E-state index >= 15 is 0 Å². The second kappa shape index (κ2) is 6.35. The number of morpholine rings is 1. The molecule has 1 aliphatic rings. The molecular weight excluding hydrogens is 298 g/mol. The SMILES string of the molecule is c1cnn(CC2CN(Cc3nc(-c4ccoc4)no3)CCO2)c1. The van der Waals surface area contributed by atoms with Crippen molar-refractivity contribution in [2.24, 2.45) is 0 Å². The zero-order valence-corrected chi connectivity index (χ0v) is 12.5. The molecule has 1 saturated heterocycles. The van der Waals surface area contributed by atoms with E-state index < -0.39 is 0 Å². The van der Waals surface area contributed by atoms with Crippen molar-refractivity contribution in [2.75, 3.05) is 19.7 Å². The van der Waals surface area contributed by atoms with Gasteiger partial charge in [-0.2, -0.15) is 10.1 Å². The van der Waals surface area contributed by atoms with E-state index in [0.717, 1.165) is 25.2 Å². The van der Waals surface area contributed by atoms with E-state index in [2.05, 4.69) is 20.1 Å². The molecule has 4 rings (SSSR count). The van der Waals surface area contributed by atoms with Crippen molar-refractivity contribution in [3.63, 3.8) is 0 Å². The van der Waals surface area contributed by atoms with Gasteiger partial charge >= 0.3 is 0 Å². The zero-order chi connectivity index (χ0) is 15.5. The van der Waals surface area contributed by atoms with Gasteiger partial charge in [0.2, 0.25) is 11.7 Å². The first kappa shape index (κ1) is 14.2. The second-order valence-electron chi connectivity index (χ2n) is 5.48. The normalized spacial score (nSPS) is 19.2. The fourth-order valence-corrected chi connectivity index (χ4v) is 2.67. The van der Waals surface area contributed by atoms with E-state index in [1.165, 1.54) is 0 Å². The van der Waals surface area contributed by atoms with Gasteiger partial charge in [0.15, 0.2) is 0 Å². The number of hydrogen-bond donors (Lipinski definition) is 0. The molecule has 0 aromatic carbocycles. The van der Waals surface area contributed by atoms with E-state index in [1.54, 1.807) is 18.7 Å². The Morgan fingerprint density at radius 2 is 2.35 bits per heavy atom. The summed E-state index contributed by atoms with van der Waals surface area (Å²) in [5, 5.41) is 8.21. The molecule has 8 heteroatoms. The summed E-state index contributed by atoms with van der Waals surface area (Å²) in [7, 11) is 0. The highest BCUT2D eigenvalue weighted by Crippen LogP contribution is 2.17. The Morgan fingerprint density at radius 1 is 1.35 bits per heavy atom. The Hall–Kier alpha value is -2.45. The van der Waals surface area contributed by atoms with Crippen LogP contribution >= 0.6 is 0 Å². The van der Waals surface area contributed by atoms with Crippen molar-refractivity contribution >= 4 is 0 Å². The standard InChI is InChI=1S/C15H17N5O3/c1-3-16-20(4-1)9-13-8-19(5-7-22-13)10-14-17-15(18-23-14)12-2-6-21-11-12/h1-4,6,11,13H,5,7-10H2. The highest BCUT2D eigenvalue weighted by atomic mass is 16.5. The summed E-state index contributed by atoms with van der Waals surface area (Å²) in [4.78, 5) is 6.66. The smallest absolute Gasteiger partial charge is 0.241 e. The molecule has 1 unspecified atom stereocenters. The van der Waals surface area contributed by atoms with Crippen LogP contribution in [0.2, 0.25) is 0 Å². The molecule has 0 bridgehead atoms. The first-order valence-electron chi connectivity index (χ1n) is 7.53. The van der Waals surface area contributed by atoms with E-state index in [9.17, 15) is 0 Å². The molecule has 23 heavy (non-hydrogen) atoms. The lowest BCUT2D eigenvalue weighted by Crippen LogP contribution is -2.43. The molecule has 120 valence electrons. The third kappa shape index (κ3) is 3.33. The molecule has 0 N–H and O–H groups in total. The van der Waals surface area contributed by atoms with Crippen LogP contribution in [0.1, 0.15) is 5.89 Å². The predicted molar refractivity (Wildman–Crippen MR) is 79.2 cm³/mol. The molecular formula is C15H17N5O3. The lowest BCUT2D eigenvalue weighted by molar-refractivity contribution is -0.0426. The maximum atomic E-state index is 5.80. The van der Waals surface area contributed by atoms with Crippen LogP contribution in [0.5, 0.6) is 0 Å².